The number of primary amides is 1. The molecular formula is C17H20N2O2S2. The van der Waals surface area contributed by atoms with Crippen LogP contribution in [0.2, 0.25) is 0 Å². The van der Waals surface area contributed by atoms with Gasteiger partial charge in [-0.1, -0.05) is 36.4 Å². The second-order valence-electron chi connectivity index (χ2n) is 5.32. The van der Waals surface area contributed by atoms with Gasteiger partial charge in [0.2, 0.25) is 11.8 Å². The van der Waals surface area contributed by atoms with Crippen molar-refractivity contribution in [3.8, 4) is 0 Å². The van der Waals surface area contributed by atoms with E-state index in [2.05, 4.69) is 17.9 Å². The molecule has 23 heavy (non-hydrogen) atoms. The molecule has 2 amide bonds. The van der Waals surface area contributed by atoms with Crippen LogP contribution in [0.1, 0.15) is 10.4 Å². The van der Waals surface area contributed by atoms with Crippen molar-refractivity contribution in [1.29, 1.82) is 0 Å². The summed E-state index contributed by atoms with van der Waals surface area (Å²) >= 11 is 5.81. The molecule has 4 nitrogen and oxygen atoms in total. The van der Waals surface area contributed by atoms with Crippen molar-refractivity contribution in [3.63, 3.8) is 0 Å². The molecule has 0 spiro atoms. The van der Waals surface area contributed by atoms with Crippen molar-refractivity contribution in [2.24, 2.45) is 11.7 Å². The number of thiophene rings is 1. The first-order valence-electron chi connectivity index (χ1n) is 7.37. The van der Waals surface area contributed by atoms with Gasteiger partial charge < -0.3 is 11.1 Å². The van der Waals surface area contributed by atoms with Crippen LogP contribution >= 0.6 is 24.0 Å². The standard InChI is InChI=1S/C17H20N2O2S2/c18-16(20)15(10-14-7-4-8-23-14)19-17(21)13(11-22)9-12-5-2-1-3-6-12/h1-8,13,15,22H,9-11H2,(H2,18,20)(H,19,21)/t13-,15-/m0/s1. The van der Waals surface area contributed by atoms with E-state index in [4.69, 9.17) is 5.73 Å². The van der Waals surface area contributed by atoms with Crippen LogP contribution in [0.3, 0.4) is 0 Å². The van der Waals surface area contributed by atoms with Gasteiger partial charge in [-0.05, 0) is 23.4 Å². The fraction of sp³-hybridized carbons (Fsp3) is 0.294. The molecule has 2 aromatic rings. The van der Waals surface area contributed by atoms with Crippen molar-refractivity contribution in [2.45, 2.75) is 18.9 Å². The summed E-state index contributed by atoms with van der Waals surface area (Å²) in [6.45, 7) is 0. The van der Waals surface area contributed by atoms with Crippen LogP contribution in [-0.4, -0.2) is 23.6 Å². The molecule has 0 bridgehead atoms. The van der Waals surface area contributed by atoms with E-state index >= 15 is 0 Å². The fourth-order valence-corrected chi connectivity index (χ4v) is 3.33. The zero-order chi connectivity index (χ0) is 16.7. The molecule has 0 fully saturated rings. The zero-order valence-corrected chi connectivity index (χ0v) is 14.4. The van der Waals surface area contributed by atoms with E-state index in [1.165, 1.54) is 11.3 Å². The van der Waals surface area contributed by atoms with E-state index in [9.17, 15) is 9.59 Å². The average molecular weight is 348 g/mol. The Morgan fingerprint density at radius 1 is 1.13 bits per heavy atom. The molecule has 1 aromatic heterocycles. The SMILES string of the molecule is NC(=O)[C@H](Cc1cccs1)NC(=O)[C@H](CS)Cc1ccccc1. The highest BCUT2D eigenvalue weighted by atomic mass is 32.1. The maximum absolute atomic E-state index is 12.5. The van der Waals surface area contributed by atoms with E-state index in [-0.39, 0.29) is 11.8 Å². The summed E-state index contributed by atoms with van der Waals surface area (Å²) in [6, 6.07) is 12.9. The number of rotatable bonds is 8. The Kier molecular flexibility index (Phi) is 6.67. The van der Waals surface area contributed by atoms with Gasteiger partial charge in [0.1, 0.15) is 6.04 Å². The minimum atomic E-state index is -0.695. The van der Waals surface area contributed by atoms with Crippen LogP contribution in [0.25, 0.3) is 0 Å². The van der Waals surface area contributed by atoms with Gasteiger partial charge in [0.25, 0.3) is 0 Å². The van der Waals surface area contributed by atoms with Gasteiger partial charge >= 0.3 is 0 Å². The quantitative estimate of drug-likeness (QED) is 0.639. The topological polar surface area (TPSA) is 72.2 Å². The highest BCUT2D eigenvalue weighted by Crippen LogP contribution is 2.14. The molecule has 2 atom stereocenters. The fourth-order valence-electron chi connectivity index (χ4n) is 2.28. The molecule has 122 valence electrons. The Labute approximate surface area is 145 Å². The second-order valence-corrected chi connectivity index (χ2v) is 6.71. The number of nitrogens with two attached hydrogens (primary N) is 1. The van der Waals surface area contributed by atoms with Gasteiger partial charge in [0.05, 0.1) is 5.92 Å². The smallest absolute Gasteiger partial charge is 0.240 e. The predicted octanol–water partition coefficient (Wildman–Crippen LogP) is 2.05. The molecule has 2 rings (SSSR count). The van der Waals surface area contributed by atoms with Gasteiger partial charge in [0.15, 0.2) is 0 Å². The van der Waals surface area contributed by atoms with Gasteiger partial charge in [-0.25, -0.2) is 0 Å². The monoisotopic (exact) mass is 348 g/mol. The van der Waals surface area contributed by atoms with Crippen LogP contribution in [0, 0.1) is 5.92 Å². The molecule has 0 saturated carbocycles. The van der Waals surface area contributed by atoms with Crippen LogP contribution in [0.5, 0.6) is 0 Å². The molecular weight excluding hydrogens is 328 g/mol. The summed E-state index contributed by atoms with van der Waals surface area (Å²) < 4.78 is 0. The molecule has 1 heterocycles. The summed E-state index contributed by atoms with van der Waals surface area (Å²) in [5, 5.41) is 4.70. The van der Waals surface area contributed by atoms with Crippen molar-refractivity contribution < 1.29 is 9.59 Å². The maximum atomic E-state index is 12.5. The van der Waals surface area contributed by atoms with Crippen LogP contribution in [-0.2, 0) is 22.4 Å². The molecule has 0 aliphatic carbocycles. The van der Waals surface area contributed by atoms with Crippen LogP contribution in [0.15, 0.2) is 47.8 Å². The molecule has 1 aromatic carbocycles. The molecule has 0 unspecified atom stereocenters. The van der Waals surface area contributed by atoms with Gasteiger partial charge in [-0.2, -0.15) is 12.6 Å². The molecule has 0 aliphatic rings. The first kappa shape index (κ1) is 17.6. The molecule has 0 radical (unpaired) electrons. The lowest BCUT2D eigenvalue weighted by atomic mass is 9.99. The van der Waals surface area contributed by atoms with Crippen LogP contribution in [0.4, 0.5) is 0 Å². The average Bonchev–Trinajstić information content (AvgIpc) is 3.05. The number of carbonyl (C=O) groups excluding carboxylic acids is 2. The third-order valence-electron chi connectivity index (χ3n) is 3.56. The zero-order valence-electron chi connectivity index (χ0n) is 12.6. The molecule has 3 N–H and O–H groups in total. The maximum Gasteiger partial charge on any atom is 0.240 e. The van der Waals surface area contributed by atoms with Crippen molar-refractivity contribution in [2.75, 3.05) is 5.75 Å². The lowest BCUT2D eigenvalue weighted by Gasteiger charge is -2.19. The van der Waals surface area contributed by atoms with E-state index in [0.717, 1.165) is 10.4 Å². The van der Waals surface area contributed by atoms with Gasteiger partial charge in [-0.15, -0.1) is 11.3 Å². The third kappa shape index (κ3) is 5.41. The largest absolute Gasteiger partial charge is 0.368 e. The number of benzene rings is 1. The second kappa shape index (κ2) is 8.74. The first-order valence-corrected chi connectivity index (χ1v) is 8.88. The van der Waals surface area contributed by atoms with Crippen LogP contribution < -0.4 is 11.1 Å². The van der Waals surface area contributed by atoms with E-state index in [0.29, 0.717) is 18.6 Å². The lowest BCUT2D eigenvalue weighted by Crippen LogP contribution is -2.48. The number of carbonyl (C=O) groups is 2. The minimum Gasteiger partial charge on any atom is -0.368 e. The summed E-state index contributed by atoms with van der Waals surface area (Å²) in [6.07, 6.45) is 1.00. The summed E-state index contributed by atoms with van der Waals surface area (Å²) in [5.74, 6) is -0.606. The van der Waals surface area contributed by atoms with Crippen molar-refractivity contribution >= 4 is 35.8 Å². The Balaban J connectivity index is 1.99. The van der Waals surface area contributed by atoms with E-state index < -0.39 is 11.9 Å². The normalized spacial score (nSPS) is 13.3. The number of thiol groups is 1. The van der Waals surface area contributed by atoms with Gasteiger partial charge in [-0.3, -0.25) is 9.59 Å². The minimum absolute atomic E-state index is 0.191. The molecule has 6 heteroatoms. The number of hydrogen-bond acceptors (Lipinski definition) is 4. The van der Waals surface area contributed by atoms with Gasteiger partial charge in [0, 0.05) is 17.1 Å². The third-order valence-corrected chi connectivity index (χ3v) is 4.90. The van der Waals surface area contributed by atoms with E-state index in [1.54, 1.807) is 0 Å². The molecule has 0 saturated heterocycles. The number of amides is 2. The Bertz CT molecular complexity index is 629. The van der Waals surface area contributed by atoms with E-state index in [1.807, 2.05) is 47.8 Å². The lowest BCUT2D eigenvalue weighted by molar-refractivity contribution is -0.129. The molecule has 0 aliphatic heterocycles. The van der Waals surface area contributed by atoms with Crippen molar-refractivity contribution in [1.82, 2.24) is 5.32 Å². The Hall–Kier alpha value is -1.79. The number of hydrogen-bond donors (Lipinski definition) is 3. The summed E-state index contributed by atoms with van der Waals surface area (Å²) in [5.41, 5.74) is 6.49. The number of nitrogens with one attached hydrogen (secondary N) is 1. The highest BCUT2D eigenvalue weighted by Gasteiger charge is 2.24. The first-order chi connectivity index (χ1) is 11.1. The predicted molar refractivity (Wildman–Crippen MR) is 96.6 cm³/mol. The Morgan fingerprint density at radius 3 is 2.43 bits per heavy atom. The van der Waals surface area contributed by atoms with Crippen molar-refractivity contribution in [3.05, 3.63) is 58.3 Å². The summed E-state index contributed by atoms with van der Waals surface area (Å²) in [4.78, 5) is 25.1. The summed E-state index contributed by atoms with van der Waals surface area (Å²) in [7, 11) is 0. The Morgan fingerprint density at radius 2 is 1.87 bits per heavy atom. The highest BCUT2D eigenvalue weighted by molar-refractivity contribution is 7.80.